The lowest BCUT2D eigenvalue weighted by molar-refractivity contribution is -0.385. The van der Waals surface area contributed by atoms with Crippen molar-refractivity contribution < 1.29 is 9.72 Å². The van der Waals surface area contributed by atoms with Crippen LogP contribution in [-0.2, 0) is 0 Å². The maximum Gasteiger partial charge on any atom is 0.282 e. The summed E-state index contributed by atoms with van der Waals surface area (Å²) >= 11 is 7.14. The molecule has 82 valence electrons. The number of Topliss-reactive ketones (excluding diaryl/α,β-unsaturated/α-hetero) is 1. The summed E-state index contributed by atoms with van der Waals surface area (Å²) in [6.45, 7) is 0. The number of nitro groups is 1. The molecule has 0 amide bonds. The van der Waals surface area contributed by atoms with Gasteiger partial charge in [0, 0.05) is 9.64 Å². The van der Waals surface area contributed by atoms with Gasteiger partial charge in [0.2, 0.25) is 0 Å². The molecule has 7 heteroatoms. The lowest BCUT2D eigenvalue weighted by Gasteiger charge is -2.03. The number of halogens is 2. The third kappa shape index (κ3) is 2.48. The smallest absolute Gasteiger partial charge is 0.282 e. The van der Waals surface area contributed by atoms with Crippen molar-refractivity contribution in [3.8, 4) is 6.07 Å². The van der Waals surface area contributed by atoms with Crippen molar-refractivity contribution in [1.82, 2.24) is 0 Å². The molecular weight excluding hydrogens is 346 g/mol. The highest BCUT2D eigenvalue weighted by molar-refractivity contribution is 14.1. The number of rotatable bonds is 3. The zero-order chi connectivity index (χ0) is 12.3. The van der Waals surface area contributed by atoms with Crippen LogP contribution in [0.4, 0.5) is 5.69 Å². The minimum Gasteiger partial charge on any atom is -0.293 e. The molecule has 5 nitrogen and oxygen atoms in total. The number of benzene rings is 1. The minimum absolute atomic E-state index is 0.0420. The number of carbonyl (C=O) groups is 1. The van der Waals surface area contributed by atoms with Gasteiger partial charge in [0.1, 0.15) is 5.56 Å². The van der Waals surface area contributed by atoms with Crippen LogP contribution < -0.4 is 0 Å². The molecule has 0 atom stereocenters. The van der Waals surface area contributed by atoms with Crippen molar-refractivity contribution in [2.45, 2.75) is 0 Å². The monoisotopic (exact) mass is 350 g/mol. The Morgan fingerprint density at radius 3 is 2.69 bits per heavy atom. The van der Waals surface area contributed by atoms with Crippen LogP contribution in [0.25, 0.3) is 0 Å². The summed E-state index contributed by atoms with van der Waals surface area (Å²) in [5.74, 6) is -0.856. The Labute approximate surface area is 109 Å². The number of nitrogens with zero attached hydrogens (tertiary/aromatic N) is 2. The molecule has 16 heavy (non-hydrogen) atoms. The fourth-order valence-corrected chi connectivity index (χ4v) is 2.19. The average Bonchev–Trinajstić information content (AvgIpc) is 2.26. The highest BCUT2D eigenvalue weighted by atomic mass is 127. The van der Waals surface area contributed by atoms with E-state index in [9.17, 15) is 14.9 Å². The number of ketones is 1. The van der Waals surface area contributed by atoms with Crippen molar-refractivity contribution >= 4 is 45.7 Å². The first-order valence-corrected chi connectivity index (χ1v) is 5.59. The Morgan fingerprint density at radius 2 is 2.25 bits per heavy atom. The third-order valence-corrected chi connectivity index (χ3v) is 2.89. The Bertz CT molecular complexity index is 510. The van der Waals surface area contributed by atoms with Gasteiger partial charge in [-0.2, -0.15) is 5.26 Å². The fraction of sp³-hybridized carbons (Fsp3) is 0.111. The summed E-state index contributed by atoms with van der Waals surface area (Å²) in [4.78, 5) is 21.5. The van der Waals surface area contributed by atoms with Crippen LogP contribution >= 0.6 is 34.2 Å². The standard InChI is InChI=1S/C9H4ClIN2O3/c10-3-8(14)9-6(11)1-5(4-12)2-7(9)13(15)16/h1-2H,3H2. The number of nitriles is 1. The molecule has 0 radical (unpaired) electrons. The first-order chi connectivity index (χ1) is 7.51. The van der Waals surface area contributed by atoms with Gasteiger partial charge in [-0.25, -0.2) is 0 Å². The summed E-state index contributed by atoms with van der Waals surface area (Å²) in [5.41, 5.74) is -0.282. The highest BCUT2D eigenvalue weighted by Gasteiger charge is 2.23. The summed E-state index contributed by atoms with van der Waals surface area (Å²) in [6.07, 6.45) is 0. The number of nitro benzene ring substituents is 1. The van der Waals surface area contributed by atoms with Gasteiger partial charge in [0.15, 0.2) is 5.78 Å². The molecule has 1 aromatic carbocycles. The zero-order valence-corrected chi connectivity index (χ0v) is 10.7. The second kappa shape index (κ2) is 5.23. The second-order valence-corrected chi connectivity index (χ2v) is 4.21. The summed E-state index contributed by atoms with van der Waals surface area (Å²) < 4.78 is 0.356. The molecule has 0 aliphatic heterocycles. The van der Waals surface area contributed by atoms with Gasteiger partial charge >= 0.3 is 0 Å². The molecule has 1 rings (SSSR count). The molecule has 0 N–H and O–H groups in total. The molecule has 0 aromatic heterocycles. The Balaban J connectivity index is 3.53. The van der Waals surface area contributed by atoms with Crippen LogP contribution in [0.5, 0.6) is 0 Å². The normalized spacial score (nSPS) is 9.56. The zero-order valence-electron chi connectivity index (χ0n) is 7.74. The van der Waals surface area contributed by atoms with E-state index in [1.165, 1.54) is 6.07 Å². The molecule has 0 spiro atoms. The van der Waals surface area contributed by atoms with Gasteiger partial charge in [-0.15, -0.1) is 11.6 Å². The molecule has 0 bridgehead atoms. The Kier molecular flexibility index (Phi) is 4.20. The third-order valence-electron chi connectivity index (χ3n) is 1.80. The van der Waals surface area contributed by atoms with E-state index in [2.05, 4.69) is 0 Å². The van der Waals surface area contributed by atoms with E-state index in [1.807, 2.05) is 0 Å². The van der Waals surface area contributed by atoms with E-state index in [4.69, 9.17) is 16.9 Å². The molecule has 0 aliphatic rings. The van der Waals surface area contributed by atoms with Crippen LogP contribution in [0.2, 0.25) is 0 Å². The molecular formula is C9H4ClIN2O3. The van der Waals surface area contributed by atoms with Crippen LogP contribution in [0.15, 0.2) is 12.1 Å². The Morgan fingerprint density at radius 1 is 1.62 bits per heavy atom. The van der Waals surface area contributed by atoms with Crippen LogP contribution in [0.1, 0.15) is 15.9 Å². The number of hydrogen-bond acceptors (Lipinski definition) is 4. The van der Waals surface area contributed by atoms with Gasteiger partial charge in [0.05, 0.1) is 22.4 Å². The topological polar surface area (TPSA) is 84.0 Å². The van der Waals surface area contributed by atoms with Crippen LogP contribution in [-0.4, -0.2) is 16.6 Å². The first-order valence-electron chi connectivity index (χ1n) is 3.98. The average molecular weight is 350 g/mol. The first kappa shape index (κ1) is 12.9. The Hall–Kier alpha value is -1.20. The maximum absolute atomic E-state index is 11.4. The van der Waals surface area contributed by atoms with Gasteiger partial charge in [-0.1, -0.05) is 0 Å². The summed E-state index contributed by atoms with van der Waals surface area (Å²) in [5, 5.41) is 19.4. The highest BCUT2D eigenvalue weighted by Crippen LogP contribution is 2.26. The largest absolute Gasteiger partial charge is 0.293 e. The van der Waals surface area contributed by atoms with Crippen molar-refractivity contribution in [3.63, 3.8) is 0 Å². The predicted molar refractivity (Wildman–Crippen MR) is 65.6 cm³/mol. The molecule has 0 saturated carbocycles. The molecule has 0 fully saturated rings. The second-order valence-electron chi connectivity index (χ2n) is 2.78. The van der Waals surface area contributed by atoms with E-state index in [0.29, 0.717) is 3.57 Å². The maximum atomic E-state index is 11.4. The van der Waals surface area contributed by atoms with Crippen molar-refractivity contribution in [2.75, 3.05) is 5.88 Å². The lowest BCUT2D eigenvalue weighted by Crippen LogP contribution is -2.08. The molecule has 0 heterocycles. The van der Waals surface area contributed by atoms with E-state index >= 15 is 0 Å². The van der Waals surface area contributed by atoms with E-state index in [1.54, 1.807) is 28.7 Å². The quantitative estimate of drug-likeness (QED) is 0.276. The number of hydrogen-bond donors (Lipinski definition) is 0. The molecule has 0 aliphatic carbocycles. The number of carbonyl (C=O) groups excluding carboxylic acids is 1. The van der Waals surface area contributed by atoms with Gasteiger partial charge in [-0.05, 0) is 28.7 Å². The van der Waals surface area contributed by atoms with Crippen LogP contribution in [0, 0.1) is 25.0 Å². The summed E-state index contributed by atoms with van der Waals surface area (Å²) in [6, 6.07) is 4.28. The van der Waals surface area contributed by atoms with E-state index in [-0.39, 0.29) is 22.7 Å². The SMILES string of the molecule is N#Cc1cc(I)c(C(=O)CCl)c([N+](=O)[O-])c1. The van der Waals surface area contributed by atoms with E-state index in [0.717, 1.165) is 6.07 Å². The van der Waals surface area contributed by atoms with Crippen LogP contribution in [0.3, 0.4) is 0 Å². The number of alkyl halides is 1. The fourth-order valence-electron chi connectivity index (χ4n) is 1.14. The lowest BCUT2D eigenvalue weighted by atomic mass is 10.1. The van der Waals surface area contributed by atoms with Gasteiger partial charge in [0.25, 0.3) is 5.69 Å². The van der Waals surface area contributed by atoms with Crippen molar-refractivity contribution in [3.05, 3.63) is 36.9 Å². The van der Waals surface area contributed by atoms with E-state index < -0.39 is 10.7 Å². The summed E-state index contributed by atoms with van der Waals surface area (Å²) in [7, 11) is 0. The molecule has 0 saturated heterocycles. The minimum atomic E-state index is -0.692. The van der Waals surface area contributed by atoms with Crippen molar-refractivity contribution in [2.24, 2.45) is 0 Å². The molecule has 1 aromatic rings. The van der Waals surface area contributed by atoms with Gasteiger partial charge in [-0.3, -0.25) is 14.9 Å². The predicted octanol–water partition coefficient (Wildman–Crippen LogP) is 2.49. The molecule has 0 unspecified atom stereocenters. The van der Waals surface area contributed by atoms with Crippen molar-refractivity contribution in [1.29, 1.82) is 5.26 Å². The van der Waals surface area contributed by atoms with Gasteiger partial charge < -0.3 is 0 Å².